The molecule has 0 aliphatic heterocycles. The van der Waals surface area contributed by atoms with Crippen LogP contribution in [-0.2, 0) is 16.4 Å². The lowest BCUT2D eigenvalue weighted by molar-refractivity contribution is -0.385. The van der Waals surface area contributed by atoms with Crippen LogP contribution in [-0.4, -0.2) is 19.9 Å². The van der Waals surface area contributed by atoms with Crippen molar-refractivity contribution in [1.82, 2.24) is 0 Å². The Labute approximate surface area is 141 Å². The van der Waals surface area contributed by atoms with E-state index in [1.807, 2.05) is 19.1 Å². The van der Waals surface area contributed by atoms with Crippen LogP contribution in [0.25, 0.3) is 0 Å². The van der Waals surface area contributed by atoms with E-state index in [1.165, 1.54) is 28.6 Å². The summed E-state index contributed by atoms with van der Waals surface area (Å²) in [5, 5.41) is 10.9. The van der Waals surface area contributed by atoms with Gasteiger partial charge in [0.1, 0.15) is 0 Å². The molecule has 0 aromatic heterocycles. The summed E-state index contributed by atoms with van der Waals surface area (Å²) in [6.07, 6.45) is 2.32. The third-order valence-corrected chi connectivity index (χ3v) is 5.33. The molecule has 2 rings (SSSR count). The van der Waals surface area contributed by atoms with E-state index >= 15 is 0 Å². The molecule has 0 unspecified atom stereocenters. The molecule has 2 aromatic carbocycles. The maximum atomic E-state index is 12.9. The number of nitro benzene ring substituents is 1. The molecule has 0 amide bonds. The third-order valence-electron chi connectivity index (χ3n) is 3.54. The van der Waals surface area contributed by atoms with E-state index < -0.39 is 14.9 Å². The fourth-order valence-corrected chi connectivity index (χ4v) is 3.72. The second kappa shape index (κ2) is 7.27. The fraction of sp³-hybridized carbons (Fsp3) is 0.176. The molecule has 126 valence electrons. The van der Waals surface area contributed by atoms with Gasteiger partial charge in [-0.15, -0.1) is 6.58 Å². The topological polar surface area (TPSA) is 80.5 Å². The van der Waals surface area contributed by atoms with Crippen molar-refractivity contribution >= 4 is 21.4 Å². The second-order valence-corrected chi connectivity index (χ2v) is 6.96. The van der Waals surface area contributed by atoms with Crippen molar-refractivity contribution in [3.8, 4) is 0 Å². The van der Waals surface area contributed by atoms with Gasteiger partial charge in [-0.25, -0.2) is 8.42 Å². The van der Waals surface area contributed by atoms with E-state index in [4.69, 9.17) is 0 Å². The predicted molar refractivity (Wildman–Crippen MR) is 93.6 cm³/mol. The standard InChI is InChI=1S/C17H18N2O4S/c1-3-12-18(15-10-8-14(4-2)9-11-15)24(22,23)17-7-5-6-16(13-17)19(20)21/h3,5-11,13H,1,4,12H2,2H3. The van der Waals surface area contributed by atoms with Crippen LogP contribution in [0.4, 0.5) is 11.4 Å². The molecular weight excluding hydrogens is 328 g/mol. The van der Waals surface area contributed by atoms with Crippen molar-refractivity contribution in [3.63, 3.8) is 0 Å². The Morgan fingerprint density at radius 2 is 1.88 bits per heavy atom. The summed E-state index contributed by atoms with van der Waals surface area (Å²) in [7, 11) is -3.93. The van der Waals surface area contributed by atoms with Crippen LogP contribution in [0.1, 0.15) is 12.5 Å². The first kappa shape index (κ1) is 17.7. The van der Waals surface area contributed by atoms with Gasteiger partial charge in [0.25, 0.3) is 15.7 Å². The smallest absolute Gasteiger partial charge is 0.263 e. The number of anilines is 1. The molecule has 0 spiro atoms. The number of nitrogens with zero attached hydrogens (tertiary/aromatic N) is 2. The molecule has 2 aromatic rings. The summed E-state index contributed by atoms with van der Waals surface area (Å²) in [6, 6.07) is 12.2. The number of nitro groups is 1. The molecule has 0 saturated carbocycles. The van der Waals surface area contributed by atoms with Crippen molar-refractivity contribution < 1.29 is 13.3 Å². The molecule has 0 aliphatic rings. The molecule has 0 atom stereocenters. The second-order valence-electron chi connectivity index (χ2n) is 5.10. The Bertz CT molecular complexity index is 845. The highest BCUT2D eigenvalue weighted by atomic mass is 32.2. The zero-order valence-electron chi connectivity index (χ0n) is 13.3. The Kier molecular flexibility index (Phi) is 5.35. The monoisotopic (exact) mass is 346 g/mol. The average Bonchev–Trinajstić information content (AvgIpc) is 2.59. The Hall–Kier alpha value is -2.67. The van der Waals surface area contributed by atoms with E-state index in [1.54, 1.807) is 12.1 Å². The highest BCUT2D eigenvalue weighted by Gasteiger charge is 2.25. The van der Waals surface area contributed by atoms with Gasteiger partial charge in [0, 0.05) is 12.1 Å². The van der Waals surface area contributed by atoms with Crippen LogP contribution < -0.4 is 4.31 Å². The summed E-state index contributed by atoms with van der Waals surface area (Å²) >= 11 is 0. The summed E-state index contributed by atoms with van der Waals surface area (Å²) in [5.41, 5.74) is 1.31. The zero-order chi connectivity index (χ0) is 17.7. The van der Waals surface area contributed by atoms with Gasteiger partial charge in [0.15, 0.2) is 0 Å². The maximum Gasteiger partial charge on any atom is 0.270 e. The normalized spacial score (nSPS) is 11.0. The Balaban J connectivity index is 2.50. The first-order valence-corrected chi connectivity index (χ1v) is 8.81. The molecule has 0 heterocycles. The maximum absolute atomic E-state index is 12.9. The summed E-state index contributed by atoms with van der Waals surface area (Å²) in [4.78, 5) is 10.2. The molecule has 0 bridgehead atoms. The van der Waals surface area contributed by atoms with Crippen molar-refractivity contribution in [2.75, 3.05) is 10.8 Å². The lowest BCUT2D eigenvalue weighted by Crippen LogP contribution is -2.31. The minimum absolute atomic E-state index is 0.0660. The number of hydrogen-bond donors (Lipinski definition) is 0. The summed E-state index contributed by atoms with van der Waals surface area (Å²) in [6.45, 7) is 5.67. The van der Waals surface area contributed by atoms with Crippen molar-refractivity contribution in [1.29, 1.82) is 0 Å². The SMILES string of the molecule is C=CCN(c1ccc(CC)cc1)S(=O)(=O)c1cccc([N+](=O)[O-])c1. The van der Waals surface area contributed by atoms with Gasteiger partial charge < -0.3 is 0 Å². The molecule has 0 N–H and O–H groups in total. The first-order valence-electron chi connectivity index (χ1n) is 7.37. The van der Waals surface area contributed by atoms with Crippen LogP contribution >= 0.6 is 0 Å². The predicted octanol–water partition coefficient (Wildman–Crippen LogP) is 3.54. The number of non-ortho nitro benzene ring substituents is 1. The van der Waals surface area contributed by atoms with Gasteiger partial charge in [-0.1, -0.05) is 31.2 Å². The van der Waals surface area contributed by atoms with Crippen LogP contribution in [0.2, 0.25) is 0 Å². The molecular formula is C17H18N2O4S. The lowest BCUT2D eigenvalue weighted by atomic mass is 10.1. The number of aryl methyl sites for hydroxylation is 1. The minimum atomic E-state index is -3.93. The van der Waals surface area contributed by atoms with E-state index in [9.17, 15) is 18.5 Å². The van der Waals surface area contributed by atoms with Gasteiger partial charge in [0.2, 0.25) is 0 Å². The minimum Gasteiger partial charge on any atom is -0.263 e. The molecule has 0 radical (unpaired) electrons. The Morgan fingerprint density at radius 1 is 1.21 bits per heavy atom. The van der Waals surface area contributed by atoms with Gasteiger partial charge in [-0.05, 0) is 30.2 Å². The molecule has 24 heavy (non-hydrogen) atoms. The van der Waals surface area contributed by atoms with Crippen molar-refractivity contribution in [2.45, 2.75) is 18.2 Å². The first-order chi connectivity index (χ1) is 11.4. The van der Waals surface area contributed by atoms with Crippen LogP contribution in [0.3, 0.4) is 0 Å². The van der Waals surface area contributed by atoms with Gasteiger partial charge in [-0.2, -0.15) is 0 Å². The van der Waals surface area contributed by atoms with Crippen LogP contribution in [0, 0.1) is 10.1 Å². The number of sulfonamides is 1. The summed E-state index contributed by atoms with van der Waals surface area (Å²) in [5.74, 6) is 0. The lowest BCUT2D eigenvalue weighted by Gasteiger charge is -2.23. The average molecular weight is 346 g/mol. The third kappa shape index (κ3) is 3.62. The van der Waals surface area contributed by atoms with Crippen molar-refractivity contribution in [3.05, 3.63) is 76.9 Å². The summed E-state index contributed by atoms with van der Waals surface area (Å²) < 4.78 is 27.0. The number of benzene rings is 2. The van der Waals surface area contributed by atoms with E-state index in [0.717, 1.165) is 18.1 Å². The van der Waals surface area contributed by atoms with E-state index in [0.29, 0.717) is 5.69 Å². The van der Waals surface area contributed by atoms with Gasteiger partial charge in [0.05, 0.1) is 22.1 Å². The highest BCUT2D eigenvalue weighted by molar-refractivity contribution is 7.92. The van der Waals surface area contributed by atoms with Crippen molar-refractivity contribution in [2.24, 2.45) is 0 Å². The fourth-order valence-electron chi connectivity index (χ4n) is 2.24. The van der Waals surface area contributed by atoms with E-state index in [-0.39, 0.29) is 17.1 Å². The largest absolute Gasteiger partial charge is 0.270 e. The molecule has 0 aliphatic carbocycles. The quantitative estimate of drug-likeness (QED) is 0.436. The van der Waals surface area contributed by atoms with Crippen LogP contribution in [0.15, 0.2) is 66.1 Å². The zero-order valence-corrected chi connectivity index (χ0v) is 14.1. The van der Waals surface area contributed by atoms with E-state index in [2.05, 4.69) is 6.58 Å². The number of rotatable bonds is 7. The molecule has 7 heteroatoms. The highest BCUT2D eigenvalue weighted by Crippen LogP contribution is 2.26. The Morgan fingerprint density at radius 3 is 2.42 bits per heavy atom. The van der Waals surface area contributed by atoms with Gasteiger partial charge >= 0.3 is 0 Å². The molecule has 0 saturated heterocycles. The van der Waals surface area contributed by atoms with Gasteiger partial charge in [-0.3, -0.25) is 14.4 Å². The molecule has 0 fully saturated rings. The van der Waals surface area contributed by atoms with Crippen LogP contribution in [0.5, 0.6) is 0 Å². The number of hydrogen-bond acceptors (Lipinski definition) is 4. The molecule has 6 nitrogen and oxygen atoms in total.